The van der Waals surface area contributed by atoms with Gasteiger partial charge >= 0.3 is 0 Å². The highest BCUT2D eigenvalue weighted by atomic mass is 32.1. The molecule has 2 nitrogen and oxygen atoms in total. The van der Waals surface area contributed by atoms with E-state index in [1.807, 2.05) is 50.2 Å². The normalized spacial score (nSPS) is 10.9. The van der Waals surface area contributed by atoms with E-state index in [2.05, 4.69) is 6.07 Å². The monoisotopic (exact) mass is 322 g/mol. The minimum absolute atomic E-state index is 0.211. The van der Waals surface area contributed by atoms with Crippen molar-refractivity contribution in [3.05, 3.63) is 58.5 Å². The topological polar surface area (TPSA) is 34.1 Å². The number of carbonyl (C=O) groups excluding carboxylic acids is 2. The number of fused-ring (bicyclic) bond motifs is 1. The van der Waals surface area contributed by atoms with E-state index < -0.39 is 0 Å². The van der Waals surface area contributed by atoms with Crippen molar-refractivity contribution in [2.24, 2.45) is 0 Å². The Morgan fingerprint density at radius 3 is 2.70 bits per heavy atom. The van der Waals surface area contributed by atoms with Crippen molar-refractivity contribution in [2.45, 2.75) is 26.7 Å². The lowest BCUT2D eigenvalue weighted by molar-refractivity contribution is 0.0985. The van der Waals surface area contributed by atoms with Crippen molar-refractivity contribution >= 4 is 34.2 Å². The summed E-state index contributed by atoms with van der Waals surface area (Å²) >= 11 is 1.54. The minimum atomic E-state index is 0.211. The highest BCUT2D eigenvalue weighted by molar-refractivity contribution is 7.17. The van der Waals surface area contributed by atoms with Crippen LogP contribution >= 0.6 is 11.3 Å². The molecular formula is C20H18O2S. The maximum Gasteiger partial charge on any atom is 0.172 e. The molecule has 0 aliphatic rings. The molecule has 116 valence electrons. The molecule has 0 spiro atoms. The molecular weight excluding hydrogens is 304 g/mol. The molecule has 23 heavy (non-hydrogen) atoms. The van der Waals surface area contributed by atoms with Crippen LogP contribution in [0.1, 0.15) is 45.4 Å². The second-order valence-electron chi connectivity index (χ2n) is 5.69. The first-order chi connectivity index (χ1) is 11.1. The molecule has 2 aromatic carbocycles. The molecule has 0 aliphatic heterocycles. The molecule has 0 unspecified atom stereocenters. The van der Waals surface area contributed by atoms with E-state index in [-0.39, 0.29) is 5.78 Å². The minimum Gasteiger partial charge on any atom is -0.298 e. The van der Waals surface area contributed by atoms with Crippen molar-refractivity contribution in [1.29, 1.82) is 0 Å². The predicted molar refractivity (Wildman–Crippen MR) is 96.6 cm³/mol. The lowest BCUT2D eigenvalue weighted by Crippen LogP contribution is -1.93. The number of Topliss-reactive ketones (excluding diaryl/α,β-unsaturated/α-hetero) is 1. The summed E-state index contributed by atoms with van der Waals surface area (Å²) in [6, 6.07) is 14.0. The van der Waals surface area contributed by atoms with Crippen molar-refractivity contribution in [3.63, 3.8) is 0 Å². The maximum atomic E-state index is 12.0. The SMILES string of the molecule is CCCC(=O)c1ccc(-c2ccc3c(C=O)c(C)ccc3c2)s1. The zero-order valence-electron chi connectivity index (χ0n) is 13.3. The van der Waals surface area contributed by atoms with Crippen LogP contribution < -0.4 is 0 Å². The summed E-state index contributed by atoms with van der Waals surface area (Å²) < 4.78 is 0. The third-order valence-corrected chi connectivity index (χ3v) is 5.22. The summed E-state index contributed by atoms with van der Waals surface area (Å²) in [6.07, 6.45) is 2.39. The van der Waals surface area contributed by atoms with Gasteiger partial charge in [-0.05, 0) is 53.4 Å². The van der Waals surface area contributed by atoms with Crippen LogP contribution in [0.15, 0.2) is 42.5 Å². The van der Waals surface area contributed by atoms with Crippen LogP contribution in [0.25, 0.3) is 21.2 Å². The largest absolute Gasteiger partial charge is 0.298 e. The standard InChI is InChI=1S/C20H18O2S/c1-3-4-18(22)20-10-9-19(23-20)15-7-8-16-14(11-15)6-5-13(2)17(16)12-21/h5-12H,3-4H2,1-2H3. The lowest BCUT2D eigenvalue weighted by Gasteiger charge is -2.06. The highest BCUT2D eigenvalue weighted by Gasteiger charge is 2.11. The Hall–Kier alpha value is -2.26. The second-order valence-corrected chi connectivity index (χ2v) is 6.77. The van der Waals surface area contributed by atoms with E-state index in [1.165, 1.54) is 11.3 Å². The van der Waals surface area contributed by atoms with Crippen LogP contribution in [0.4, 0.5) is 0 Å². The number of hydrogen-bond acceptors (Lipinski definition) is 3. The zero-order valence-corrected chi connectivity index (χ0v) is 14.1. The molecule has 0 atom stereocenters. The summed E-state index contributed by atoms with van der Waals surface area (Å²) in [6.45, 7) is 3.96. The summed E-state index contributed by atoms with van der Waals surface area (Å²) in [5.41, 5.74) is 2.82. The molecule has 0 radical (unpaired) electrons. The third-order valence-electron chi connectivity index (χ3n) is 4.04. The number of aryl methyl sites for hydroxylation is 1. The molecule has 3 aromatic rings. The van der Waals surface area contributed by atoms with Crippen LogP contribution in [-0.2, 0) is 0 Å². The second kappa shape index (κ2) is 6.47. The molecule has 0 aliphatic carbocycles. The van der Waals surface area contributed by atoms with Gasteiger partial charge in [-0.2, -0.15) is 0 Å². The molecule has 0 N–H and O–H groups in total. The fourth-order valence-corrected chi connectivity index (χ4v) is 3.74. The van der Waals surface area contributed by atoms with Gasteiger partial charge in [-0.3, -0.25) is 9.59 Å². The average molecular weight is 322 g/mol. The summed E-state index contributed by atoms with van der Waals surface area (Å²) in [4.78, 5) is 25.2. The number of carbonyl (C=O) groups is 2. The Labute approximate surface area is 139 Å². The van der Waals surface area contributed by atoms with Crippen molar-refractivity contribution in [2.75, 3.05) is 0 Å². The van der Waals surface area contributed by atoms with Gasteiger partial charge in [-0.15, -0.1) is 11.3 Å². The van der Waals surface area contributed by atoms with Gasteiger partial charge in [0, 0.05) is 16.9 Å². The van der Waals surface area contributed by atoms with E-state index in [1.54, 1.807) is 0 Å². The Morgan fingerprint density at radius 1 is 1.13 bits per heavy atom. The molecule has 0 saturated carbocycles. The Balaban J connectivity index is 2.03. The first-order valence-corrected chi connectivity index (χ1v) is 8.57. The Kier molecular flexibility index (Phi) is 4.39. The molecule has 0 bridgehead atoms. The van der Waals surface area contributed by atoms with Crippen LogP contribution in [0.2, 0.25) is 0 Å². The number of aldehydes is 1. The summed E-state index contributed by atoms with van der Waals surface area (Å²) in [5.74, 6) is 0.211. The van der Waals surface area contributed by atoms with E-state index in [0.717, 1.165) is 49.9 Å². The van der Waals surface area contributed by atoms with Gasteiger partial charge in [0.2, 0.25) is 0 Å². The van der Waals surface area contributed by atoms with Gasteiger partial charge in [0.25, 0.3) is 0 Å². The van der Waals surface area contributed by atoms with Gasteiger partial charge in [-0.25, -0.2) is 0 Å². The molecule has 1 aromatic heterocycles. The Morgan fingerprint density at radius 2 is 1.96 bits per heavy atom. The van der Waals surface area contributed by atoms with Gasteiger partial charge in [0.1, 0.15) is 0 Å². The molecule has 0 saturated heterocycles. The smallest absolute Gasteiger partial charge is 0.172 e. The lowest BCUT2D eigenvalue weighted by atomic mass is 9.98. The van der Waals surface area contributed by atoms with Gasteiger partial charge in [-0.1, -0.05) is 31.2 Å². The van der Waals surface area contributed by atoms with Gasteiger partial charge < -0.3 is 0 Å². The number of benzene rings is 2. The number of ketones is 1. The van der Waals surface area contributed by atoms with Crippen molar-refractivity contribution in [1.82, 2.24) is 0 Å². The highest BCUT2D eigenvalue weighted by Crippen LogP contribution is 2.32. The molecule has 3 rings (SSSR count). The van der Waals surface area contributed by atoms with Gasteiger partial charge in [0.15, 0.2) is 12.1 Å². The first-order valence-electron chi connectivity index (χ1n) is 7.76. The number of hydrogen-bond donors (Lipinski definition) is 0. The predicted octanol–water partition coefficient (Wildman–Crippen LogP) is 5.67. The summed E-state index contributed by atoms with van der Waals surface area (Å²) in [5, 5.41) is 2.02. The maximum absolute atomic E-state index is 12.0. The van der Waals surface area contributed by atoms with E-state index in [4.69, 9.17) is 0 Å². The molecule has 1 heterocycles. The van der Waals surface area contributed by atoms with Crippen LogP contribution in [-0.4, -0.2) is 12.1 Å². The van der Waals surface area contributed by atoms with Crippen LogP contribution in [0.3, 0.4) is 0 Å². The van der Waals surface area contributed by atoms with Crippen LogP contribution in [0.5, 0.6) is 0 Å². The van der Waals surface area contributed by atoms with Crippen molar-refractivity contribution < 1.29 is 9.59 Å². The Bertz CT molecular complexity index is 890. The van der Waals surface area contributed by atoms with Crippen molar-refractivity contribution in [3.8, 4) is 10.4 Å². The molecule has 0 amide bonds. The quantitative estimate of drug-likeness (QED) is 0.448. The van der Waals surface area contributed by atoms with Crippen LogP contribution in [0, 0.1) is 6.92 Å². The fraction of sp³-hybridized carbons (Fsp3) is 0.200. The number of rotatable bonds is 5. The van der Waals surface area contributed by atoms with E-state index in [9.17, 15) is 9.59 Å². The zero-order chi connectivity index (χ0) is 16.4. The first kappa shape index (κ1) is 15.6. The summed E-state index contributed by atoms with van der Waals surface area (Å²) in [7, 11) is 0. The van der Waals surface area contributed by atoms with Gasteiger partial charge in [0.05, 0.1) is 4.88 Å². The third kappa shape index (κ3) is 2.97. The number of thiophene rings is 1. The molecule has 0 fully saturated rings. The molecule has 3 heteroatoms. The van der Waals surface area contributed by atoms with E-state index in [0.29, 0.717) is 6.42 Å². The average Bonchev–Trinajstić information content (AvgIpc) is 3.05. The van der Waals surface area contributed by atoms with E-state index >= 15 is 0 Å². The fourth-order valence-electron chi connectivity index (χ4n) is 2.77.